The first-order valence-corrected chi connectivity index (χ1v) is 4.81. The van der Waals surface area contributed by atoms with Crippen LogP contribution in [0.3, 0.4) is 0 Å². The van der Waals surface area contributed by atoms with Gasteiger partial charge in [0.25, 0.3) is 0 Å². The van der Waals surface area contributed by atoms with Crippen LogP contribution in [-0.4, -0.2) is 18.7 Å². The third-order valence-corrected chi connectivity index (χ3v) is 2.93. The first-order chi connectivity index (χ1) is 6.68. The molecule has 0 aliphatic heterocycles. The molecule has 3 heteroatoms. The Balaban J connectivity index is 2.28. The summed E-state index contributed by atoms with van der Waals surface area (Å²) in [4.78, 5) is 0. The van der Waals surface area contributed by atoms with E-state index in [0.717, 1.165) is 24.9 Å². The molecule has 0 aromatic heterocycles. The molecule has 0 spiro atoms. The van der Waals surface area contributed by atoms with Crippen molar-refractivity contribution >= 4 is 0 Å². The van der Waals surface area contributed by atoms with Crippen LogP contribution >= 0.6 is 0 Å². The Kier molecular flexibility index (Phi) is 2.19. The maximum atomic E-state index is 12.8. The van der Waals surface area contributed by atoms with Gasteiger partial charge in [-0.25, -0.2) is 4.39 Å². The van der Waals surface area contributed by atoms with Crippen molar-refractivity contribution in [2.24, 2.45) is 0 Å². The van der Waals surface area contributed by atoms with Gasteiger partial charge in [-0.1, -0.05) is 6.07 Å². The van der Waals surface area contributed by atoms with Gasteiger partial charge in [-0.15, -0.1) is 0 Å². The maximum Gasteiger partial charge on any atom is 0.164 e. The summed E-state index contributed by atoms with van der Waals surface area (Å²) in [7, 11) is 1.91. The zero-order valence-corrected chi connectivity index (χ0v) is 8.18. The summed E-state index contributed by atoms with van der Waals surface area (Å²) < 4.78 is 12.8. The van der Waals surface area contributed by atoms with Gasteiger partial charge in [-0.3, -0.25) is 0 Å². The van der Waals surface area contributed by atoms with Crippen molar-refractivity contribution in [3.63, 3.8) is 0 Å². The number of rotatable bonds is 3. The summed E-state index contributed by atoms with van der Waals surface area (Å²) in [5, 5.41) is 12.4. The van der Waals surface area contributed by atoms with Gasteiger partial charge in [0.15, 0.2) is 11.6 Å². The zero-order valence-electron chi connectivity index (χ0n) is 8.18. The zero-order chi connectivity index (χ0) is 10.2. The molecule has 1 fully saturated rings. The number of hydrogen-bond donors (Lipinski definition) is 2. The van der Waals surface area contributed by atoms with Crippen molar-refractivity contribution in [3.05, 3.63) is 29.6 Å². The van der Waals surface area contributed by atoms with Gasteiger partial charge in [-0.2, -0.15) is 0 Å². The van der Waals surface area contributed by atoms with Gasteiger partial charge in [0, 0.05) is 12.0 Å². The number of hydrogen-bond acceptors (Lipinski definition) is 2. The normalized spacial score (nSPS) is 18.1. The van der Waals surface area contributed by atoms with Crippen LogP contribution in [0.25, 0.3) is 0 Å². The number of halogens is 1. The van der Waals surface area contributed by atoms with E-state index in [-0.39, 0.29) is 11.2 Å². The van der Waals surface area contributed by atoms with Crippen LogP contribution in [0.15, 0.2) is 18.2 Å². The molecule has 2 N–H and O–H groups in total. The molecule has 76 valence electrons. The van der Waals surface area contributed by atoms with Gasteiger partial charge in [0.05, 0.1) is 0 Å². The fourth-order valence-corrected chi connectivity index (χ4v) is 1.90. The highest BCUT2D eigenvalue weighted by Crippen LogP contribution is 2.48. The lowest BCUT2D eigenvalue weighted by atomic mass is 9.96. The van der Waals surface area contributed by atoms with E-state index in [2.05, 4.69) is 5.32 Å². The average molecular weight is 195 g/mol. The second-order valence-electron chi connectivity index (χ2n) is 3.98. The fraction of sp³-hybridized carbons (Fsp3) is 0.455. The third kappa shape index (κ3) is 1.48. The number of phenols is 1. The first kappa shape index (κ1) is 9.46. The Morgan fingerprint density at radius 3 is 2.71 bits per heavy atom. The van der Waals surface area contributed by atoms with Gasteiger partial charge >= 0.3 is 0 Å². The summed E-state index contributed by atoms with van der Waals surface area (Å²) in [5.74, 6) is -0.793. The van der Waals surface area contributed by atoms with Crippen molar-refractivity contribution in [2.45, 2.75) is 18.3 Å². The van der Waals surface area contributed by atoms with Crippen molar-refractivity contribution in [1.82, 2.24) is 5.32 Å². The van der Waals surface area contributed by atoms with Crippen LogP contribution in [0.2, 0.25) is 0 Å². The van der Waals surface area contributed by atoms with Crippen molar-refractivity contribution < 1.29 is 9.50 Å². The smallest absolute Gasteiger partial charge is 0.164 e. The lowest BCUT2D eigenvalue weighted by Crippen LogP contribution is -2.23. The Labute approximate surface area is 82.8 Å². The number of nitrogens with one attached hydrogen (secondary N) is 1. The number of likely N-dealkylation sites (N-methyl/N-ethyl adjacent to an activating group) is 1. The van der Waals surface area contributed by atoms with E-state index in [1.807, 2.05) is 7.05 Å². The Bertz CT molecular complexity index is 347. The number of aromatic hydroxyl groups is 1. The molecule has 1 aromatic carbocycles. The third-order valence-electron chi connectivity index (χ3n) is 2.93. The molecule has 14 heavy (non-hydrogen) atoms. The second-order valence-corrected chi connectivity index (χ2v) is 3.98. The highest BCUT2D eigenvalue weighted by Gasteiger charge is 2.43. The molecule has 0 saturated heterocycles. The summed E-state index contributed by atoms with van der Waals surface area (Å²) in [6.45, 7) is 0.887. The molecule has 1 aliphatic carbocycles. The van der Waals surface area contributed by atoms with Gasteiger partial charge in [0.1, 0.15) is 0 Å². The van der Waals surface area contributed by atoms with Crippen LogP contribution in [0.1, 0.15) is 18.4 Å². The van der Waals surface area contributed by atoms with Crippen molar-refractivity contribution in [2.75, 3.05) is 13.6 Å². The Morgan fingerprint density at radius 1 is 1.50 bits per heavy atom. The average Bonchev–Trinajstić information content (AvgIpc) is 2.91. The minimum Gasteiger partial charge on any atom is -0.505 e. The lowest BCUT2D eigenvalue weighted by molar-refractivity contribution is 0.430. The van der Waals surface area contributed by atoms with Crippen LogP contribution in [0, 0.1) is 5.82 Å². The molecule has 0 atom stereocenters. The van der Waals surface area contributed by atoms with Crippen LogP contribution < -0.4 is 5.32 Å². The summed E-state index contributed by atoms with van der Waals surface area (Å²) in [6, 6.07) is 4.64. The molecule has 2 nitrogen and oxygen atoms in total. The number of phenolic OH excluding ortho intramolecular Hbond substituents is 1. The lowest BCUT2D eigenvalue weighted by Gasteiger charge is -2.15. The standard InChI is InChI=1S/C11H14FNO/c1-13-7-11(4-5-11)8-2-3-9(12)10(14)6-8/h2-3,6,13-14H,4-5,7H2,1H3. The highest BCUT2D eigenvalue weighted by atomic mass is 19.1. The van der Waals surface area contributed by atoms with E-state index in [1.54, 1.807) is 12.1 Å². The maximum absolute atomic E-state index is 12.8. The minimum absolute atomic E-state index is 0.139. The van der Waals surface area contributed by atoms with Crippen LogP contribution in [0.5, 0.6) is 5.75 Å². The van der Waals surface area contributed by atoms with Gasteiger partial charge in [-0.05, 0) is 37.6 Å². The molecule has 1 saturated carbocycles. The predicted molar refractivity (Wildman–Crippen MR) is 52.9 cm³/mol. The molecule has 0 bridgehead atoms. The van der Waals surface area contributed by atoms with E-state index in [1.165, 1.54) is 6.07 Å². The summed E-state index contributed by atoms with van der Waals surface area (Å²) in [6.07, 6.45) is 2.22. The van der Waals surface area contributed by atoms with Crippen LogP contribution in [0.4, 0.5) is 4.39 Å². The van der Waals surface area contributed by atoms with E-state index >= 15 is 0 Å². The largest absolute Gasteiger partial charge is 0.505 e. The molecular formula is C11H14FNO. The fourth-order valence-electron chi connectivity index (χ4n) is 1.90. The first-order valence-electron chi connectivity index (χ1n) is 4.81. The monoisotopic (exact) mass is 195 g/mol. The Morgan fingerprint density at radius 2 is 2.21 bits per heavy atom. The van der Waals surface area contributed by atoms with Crippen LogP contribution in [-0.2, 0) is 5.41 Å². The molecule has 1 aromatic rings. The molecule has 1 aliphatic rings. The summed E-state index contributed by atoms with van der Waals surface area (Å²) in [5.41, 5.74) is 1.17. The van der Waals surface area contributed by atoms with Gasteiger partial charge in [0.2, 0.25) is 0 Å². The highest BCUT2D eigenvalue weighted by molar-refractivity contribution is 5.38. The predicted octanol–water partition coefficient (Wildman–Crippen LogP) is 1.78. The minimum atomic E-state index is -0.547. The topological polar surface area (TPSA) is 32.3 Å². The molecular weight excluding hydrogens is 181 g/mol. The number of benzene rings is 1. The quantitative estimate of drug-likeness (QED) is 0.770. The second kappa shape index (κ2) is 3.24. The molecule has 0 radical (unpaired) electrons. The van der Waals surface area contributed by atoms with E-state index in [4.69, 9.17) is 0 Å². The molecule has 0 heterocycles. The van der Waals surface area contributed by atoms with E-state index < -0.39 is 5.82 Å². The summed E-state index contributed by atoms with van der Waals surface area (Å²) >= 11 is 0. The van der Waals surface area contributed by atoms with Gasteiger partial charge < -0.3 is 10.4 Å². The Hall–Kier alpha value is -1.09. The molecule has 0 unspecified atom stereocenters. The SMILES string of the molecule is CNCC1(c2ccc(F)c(O)c2)CC1. The molecule has 2 rings (SSSR count). The van der Waals surface area contributed by atoms with Crippen molar-refractivity contribution in [3.8, 4) is 5.75 Å². The van der Waals surface area contributed by atoms with Crippen molar-refractivity contribution in [1.29, 1.82) is 0 Å². The van der Waals surface area contributed by atoms with E-state index in [0.29, 0.717) is 0 Å². The molecule has 0 amide bonds. The van der Waals surface area contributed by atoms with E-state index in [9.17, 15) is 9.50 Å².